The Kier molecular flexibility index (Phi) is 71.2. The summed E-state index contributed by atoms with van der Waals surface area (Å²) in [7, 11) is -9.92. The molecule has 0 bridgehead atoms. The summed E-state index contributed by atoms with van der Waals surface area (Å²) >= 11 is 0. The number of carbonyl (C=O) groups excluding carboxylic acids is 4. The van der Waals surface area contributed by atoms with E-state index < -0.39 is 97.5 Å². The number of aliphatic hydroxyl groups excluding tert-OH is 1. The number of aliphatic hydroxyl groups is 1. The Balaban J connectivity index is 5.24. The maximum atomic E-state index is 13.1. The zero-order valence-corrected chi connectivity index (χ0v) is 67.3. The van der Waals surface area contributed by atoms with Gasteiger partial charge < -0.3 is 33.8 Å². The van der Waals surface area contributed by atoms with Gasteiger partial charge >= 0.3 is 39.5 Å². The fourth-order valence-electron chi connectivity index (χ4n) is 12.5. The molecule has 19 heteroatoms. The molecule has 2 unspecified atom stereocenters. The fraction of sp³-hybridized carbons (Fsp3) is 0.951. The molecular formula is C81H158O17P2. The standard InChI is InChI=1S/C81H158O17P2/c1-7-9-11-13-15-17-19-33-39-45-51-57-63-78(83)91-69-76(97-80(85)65-59-53-47-41-34-20-18-16-14-12-10-8-2)71-95-99(87,88)93-67-75(82)68-94-100(89,90)96-72-77(70-92-79(84)64-58-52-46-40-35-29-26-25-28-32-38-44-50-56-62-74(5)6)98-81(86)66-60-54-48-42-36-30-24-22-21-23-27-31-37-43-49-55-61-73(3)4/h73-77,82H,7-72H2,1-6H3,(H,87,88)(H,89,90)/t75-,76+,77+/m0/s1. The minimum atomic E-state index is -4.96. The Bertz CT molecular complexity index is 1920. The normalized spacial score (nSPS) is 13.9. The van der Waals surface area contributed by atoms with Crippen molar-refractivity contribution in [2.75, 3.05) is 39.6 Å². The van der Waals surface area contributed by atoms with Crippen LogP contribution in [0.2, 0.25) is 0 Å². The van der Waals surface area contributed by atoms with Crippen LogP contribution in [0.1, 0.15) is 427 Å². The number of esters is 4. The number of hydrogen-bond donors (Lipinski definition) is 3. The highest BCUT2D eigenvalue weighted by molar-refractivity contribution is 7.47. The van der Waals surface area contributed by atoms with Gasteiger partial charge in [-0.25, -0.2) is 9.13 Å². The predicted octanol–water partition coefficient (Wildman–Crippen LogP) is 24.3. The molecule has 0 aliphatic heterocycles. The topological polar surface area (TPSA) is 237 Å². The maximum Gasteiger partial charge on any atom is 0.472 e. The van der Waals surface area contributed by atoms with Gasteiger partial charge in [-0.1, -0.05) is 375 Å². The Labute approximate surface area is 613 Å². The van der Waals surface area contributed by atoms with Crippen molar-refractivity contribution >= 4 is 39.5 Å². The van der Waals surface area contributed by atoms with Gasteiger partial charge in [0, 0.05) is 25.7 Å². The molecule has 0 rings (SSSR count). The Morgan fingerprint density at radius 2 is 0.460 bits per heavy atom. The predicted molar refractivity (Wildman–Crippen MR) is 409 cm³/mol. The Hall–Kier alpha value is -1.94. The van der Waals surface area contributed by atoms with E-state index in [2.05, 4.69) is 41.5 Å². The summed E-state index contributed by atoms with van der Waals surface area (Å²) in [6.07, 6.45) is 62.3. The van der Waals surface area contributed by atoms with E-state index in [0.717, 1.165) is 102 Å². The number of rotatable bonds is 80. The van der Waals surface area contributed by atoms with E-state index in [-0.39, 0.29) is 25.7 Å². The third-order valence-electron chi connectivity index (χ3n) is 19.0. The molecule has 0 fully saturated rings. The number of carbonyl (C=O) groups is 4. The molecule has 0 heterocycles. The molecule has 0 aromatic carbocycles. The Morgan fingerprint density at radius 1 is 0.270 bits per heavy atom. The van der Waals surface area contributed by atoms with Crippen LogP contribution < -0.4 is 0 Å². The highest BCUT2D eigenvalue weighted by atomic mass is 31.2. The van der Waals surface area contributed by atoms with Crippen molar-refractivity contribution in [1.82, 2.24) is 0 Å². The van der Waals surface area contributed by atoms with Gasteiger partial charge in [0.1, 0.15) is 19.3 Å². The number of ether oxygens (including phenoxy) is 4. The quantitative estimate of drug-likeness (QED) is 0.0222. The molecule has 100 heavy (non-hydrogen) atoms. The first-order valence-electron chi connectivity index (χ1n) is 42.0. The highest BCUT2D eigenvalue weighted by Crippen LogP contribution is 2.45. The molecule has 0 spiro atoms. The second-order valence-electron chi connectivity index (χ2n) is 30.1. The minimum Gasteiger partial charge on any atom is -0.462 e. The van der Waals surface area contributed by atoms with E-state index in [0.29, 0.717) is 25.7 Å². The molecule has 5 atom stereocenters. The van der Waals surface area contributed by atoms with Gasteiger partial charge in [-0.15, -0.1) is 0 Å². The molecular weight excluding hydrogens is 1310 g/mol. The monoisotopic (exact) mass is 1470 g/mol. The lowest BCUT2D eigenvalue weighted by atomic mass is 10.0. The van der Waals surface area contributed by atoms with Gasteiger partial charge in [0.25, 0.3) is 0 Å². The summed E-state index contributed by atoms with van der Waals surface area (Å²) in [5.74, 6) is -0.497. The van der Waals surface area contributed by atoms with Crippen LogP contribution in [0.25, 0.3) is 0 Å². The van der Waals surface area contributed by atoms with Crippen LogP contribution in [0, 0.1) is 11.8 Å². The van der Waals surface area contributed by atoms with Gasteiger partial charge in [0.05, 0.1) is 26.4 Å². The first kappa shape index (κ1) is 98.1. The van der Waals surface area contributed by atoms with Gasteiger partial charge in [-0.05, 0) is 37.5 Å². The lowest BCUT2D eigenvalue weighted by molar-refractivity contribution is -0.161. The average molecular weight is 1470 g/mol. The minimum absolute atomic E-state index is 0.108. The molecule has 0 aromatic heterocycles. The largest absolute Gasteiger partial charge is 0.472 e. The van der Waals surface area contributed by atoms with E-state index in [1.165, 1.54) is 244 Å². The van der Waals surface area contributed by atoms with Crippen LogP contribution in [-0.4, -0.2) is 96.7 Å². The molecule has 0 aromatic rings. The summed E-state index contributed by atoms with van der Waals surface area (Å²) in [4.78, 5) is 73.0. The summed E-state index contributed by atoms with van der Waals surface area (Å²) in [6, 6.07) is 0. The van der Waals surface area contributed by atoms with Crippen LogP contribution in [0.15, 0.2) is 0 Å². The van der Waals surface area contributed by atoms with Crippen LogP contribution in [0.5, 0.6) is 0 Å². The van der Waals surface area contributed by atoms with Crippen LogP contribution in [-0.2, 0) is 65.4 Å². The second-order valence-corrected chi connectivity index (χ2v) is 33.0. The van der Waals surface area contributed by atoms with Crippen molar-refractivity contribution in [3.05, 3.63) is 0 Å². The fourth-order valence-corrected chi connectivity index (χ4v) is 14.1. The lowest BCUT2D eigenvalue weighted by Crippen LogP contribution is -2.30. The molecule has 0 radical (unpaired) electrons. The first-order valence-corrected chi connectivity index (χ1v) is 45.0. The van der Waals surface area contributed by atoms with E-state index in [1.54, 1.807) is 0 Å². The van der Waals surface area contributed by atoms with E-state index in [1.807, 2.05) is 0 Å². The summed E-state index contributed by atoms with van der Waals surface area (Å²) in [6.45, 7) is 9.69. The zero-order chi connectivity index (χ0) is 73.5. The van der Waals surface area contributed by atoms with Crippen LogP contribution in [0.4, 0.5) is 0 Å². The molecule has 0 saturated carbocycles. The molecule has 0 aliphatic rings. The van der Waals surface area contributed by atoms with Gasteiger partial charge in [-0.2, -0.15) is 0 Å². The molecule has 0 aliphatic carbocycles. The second kappa shape index (κ2) is 72.6. The smallest absolute Gasteiger partial charge is 0.462 e. The van der Waals surface area contributed by atoms with Crippen LogP contribution >= 0.6 is 15.6 Å². The van der Waals surface area contributed by atoms with Crippen molar-refractivity contribution in [2.45, 2.75) is 445 Å². The van der Waals surface area contributed by atoms with Gasteiger partial charge in [-0.3, -0.25) is 37.3 Å². The van der Waals surface area contributed by atoms with Crippen molar-refractivity contribution in [1.29, 1.82) is 0 Å². The van der Waals surface area contributed by atoms with E-state index in [9.17, 15) is 43.2 Å². The SMILES string of the molecule is CCCCCCCCCCCCCCC(=O)OC[C@H](COP(=O)(O)OC[C@H](O)COP(=O)(O)OC[C@@H](COC(=O)CCCCCCCCCCCCCCCCC(C)C)OC(=O)CCCCCCCCCCCCCCCCCCC(C)C)OC(=O)CCCCCCCCCCCCCC. The number of unbranched alkanes of at least 4 members (excludes halogenated alkanes) is 50. The number of phosphoric acid groups is 2. The maximum absolute atomic E-state index is 13.1. The molecule has 594 valence electrons. The average Bonchev–Trinajstić information content (AvgIpc) is 0.923. The van der Waals surface area contributed by atoms with Crippen molar-refractivity contribution < 1.29 is 80.2 Å². The van der Waals surface area contributed by atoms with Gasteiger partial charge in [0.15, 0.2) is 12.2 Å². The zero-order valence-electron chi connectivity index (χ0n) is 65.5. The lowest BCUT2D eigenvalue weighted by Gasteiger charge is -2.21. The number of hydrogen-bond acceptors (Lipinski definition) is 15. The summed E-state index contributed by atoms with van der Waals surface area (Å²) in [5, 5.41) is 10.6. The highest BCUT2D eigenvalue weighted by Gasteiger charge is 2.30. The summed E-state index contributed by atoms with van der Waals surface area (Å²) < 4.78 is 68.7. The third kappa shape index (κ3) is 74.3. The molecule has 3 N–H and O–H groups in total. The van der Waals surface area contributed by atoms with Crippen molar-refractivity contribution in [2.24, 2.45) is 11.8 Å². The molecule has 0 saturated heterocycles. The summed E-state index contributed by atoms with van der Waals surface area (Å²) in [5.41, 5.74) is 0. The van der Waals surface area contributed by atoms with Crippen molar-refractivity contribution in [3.8, 4) is 0 Å². The number of phosphoric ester groups is 2. The molecule has 17 nitrogen and oxygen atoms in total. The van der Waals surface area contributed by atoms with E-state index >= 15 is 0 Å². The van der Waals surface area contributed by atoms with Gasteiger partial charge in [0.2, 0.25) is 0 Å². The van der Waals surface area contributed by atoms with Crippen molar-refractivity contribution in [3.63, 3.8) is 0 Å². The third-order valence-corrected chi connectivity index (χ3v) is 20.9. The van der Waals surface area contributed by atoms with E-state index in [4.69, 9.17) is 37.0 Å². The van der Waals surface area contributed by atoms with Crippen LogP contribution in [0.3, 0.4) is 0 Å². The Morgan fingerprint density at radius 3 is 0.680 bits per heavy atom. The molecule has 0 amide bonds. The first-order chi connectivity index (χ1) is 48.4.